The van der Waals surface area contributed by atoms with E-state index >= 15 is 0 Å². The van der Waals surface area contributed by atoms with Crippen molar-refractivity contribution in [1.29, 1.82) is 0 Å². The van der Waals surface area contributed by atoms with Crippen LogP contribution < -0.4 is 10.6 Å². The zero-order valence-corrected chi connectivity index (χ0v) is 17.8. The lowest BCUT2D eigenvalue weighted by molar-refractivity contribution is 0.281. The lowest BCUT2D eigenvalue weighted by Gasteiger charge is -2.33. The van der Waals surface area contributed by atoms with Crippen LogP contribution in [0, 0.1) is 0 Å². The molecule has 1 fully saturated rings. The molecule has 1 aliphatic carbocycles. The van der Waals surface area contributed by atoms with E-state index in [0.29, 0.717) is 12.1 Å². The minimum atomic E-state index is 0.573. The monoisotopic (exact) mass is 378 g/mol. The number of benzene rings is 2. The number of unbranched alkanes of at least 4 members (excludes halogenated alkanes) is 1. The molecule has 0 amide bonds. The Morgan fingerprint density at radius 3 is 1.61 bits per heavy atom. The second kappa shape index (κ2) is 11.4. The first-order chi connectivity index (χ1) is 13.8. The molecule has 28 heavy (non-hydrogen) atoms. The molecule has 0 heterocycles. The number of hydrogen-bond acceptors (Lipinski definition) is 2. The van der Waals surface area contributed by atoms with Crippen LogP contribution in [-0.4, -0.2) is 12.1 Å². The van der Waals surface area contributed by atoms with Crippen molar-refractivity contribution in [2.24, 2.45) is 0 Å². The summed E-state index contributed by atoms with van der Waals surface area (Å²) in [6, 6.07) is 19.4. The maximum absolute atomic E-state index is 3.84. The average Bonchev–Trinajstić information content (AvgIpc) is 2.76. The number of nitrogens with one attached hydrogen (secondary N) is 2. The molecule has 152 valence electrons. The van der Waals surface area contributed by atoms with E-state index in [9.17, 15) is 0 Å². The zero-order valence-electron chi connectivity index (χ0n) is 17.8. The normalized spacial score (nSPS) is 19.6. The molecule has 3 rings (SSSR count). The van der Waals surface area contributed by atoms with Gasteiger partial charge < -0.3 is 10.6 Å². The first-order valence-electron chi connectivity index (χ1n) is 11.4. The molecule has 2 nitrogen and oxygen atoms in total. The Labute approximate surface area is 172 Å². The molecule has 0 radical (unpaired) electrons. The molecule has 0 spiro atoms. The zero-order chi connectivity index (χ0) is 19.6. The summed E-state index contributed by atoms with van der Waals surface area (Å²) in [6.45, 7) is 6.42. The Hall–Kier alpha value is -1.64. The molecule has 2 N–H and O–H groups in total. The van der Waals surface area contributed by atoms with Gasteiger partial charge in [-0.25, -0.2) is 0 Å². The van der Waals surface area contributed by atoms with Crippen LogP contribution in [0.15, 0.2) is 48.5 Å². The van der Waals surface area contributed by atoms with Gasteiger partial charge in [0.25, 0.3) is 0 Å². The topological polar surface area (TPSA) is 24.1 Å². The van der Waals surface area contributed by atoms with Crippen molar-refractivity contribution in [3.63, 3.8) is 0 Å². The van der Waals surface area contributed by atoms with E-state index in [-0.39, 0.29) is 0 Å². The maximum atomic E-state index is 3.84. The van der Waals surface area contributed by atoms with Gasteiger partial charge in [-0.1, -0.05) is 81.6 Å². The molecule has 1 saturated carbocycles. The summed E-state index contributed by atoms with van der Waals surface area (Å²) in [5.41, 5.74) is 5.68. The summed E-state index contributed by atoms with van der Waals surface area (Å²) >= 11 is 0. The molecule has 0 bridgehead atoms. The number of aryl methyl sites for hydroxylation is 2. The smallest absolute Gasteiger partial charge is 0.0224 e. The number of hydrogen-bond donors (Lipinski definition) is 2. The quantitative estimate of drug-likeness (QED) is 0.547. The molecular weight excluding hydrogens is 340 g/mol. The predicted octanol–water partition coefficient (Wildman–Crippen LogP) is 5.78. The summed E-state index contributed by atoms with van der Waals surface area (Å²) in [6.07, 6.45) is 10.1. The highest BCUT2D eigenvalue weighted by molar-refractivity contribution is 5.23. The standard InChI is InChI=1S/C26H38N2/c1-3-5-8-22-13-17-24(18-14-22)20-28-26-10-7-6-9-25(26)27-19-23-15-11-21(4-2)12-16-23/h11-18,25-28H,3-10,19-20H2,1-2H3. The van der Waals surface area contributed by atoms with E-state index < -0.39 is 0 Å². The predicted molar refractivity (Wildman–Crippen MR) is 121 cm³/mol. The van der Waals surface area contributed by atoms with Crippen LogP contribution in [0.25, 0.3) is 0 Å². The number of rotatable bonds is 10. The van der Waals surface area contributed by atoms with E-state index in [1.54, 1.807) is 0 Å². The second-order valence-corrected chi connectivity index (χ2v) is 8.35. The third-order valence-corrected chi connectivity index (χ3v) is 6.18. The average molecular weight is 379 g/mol. The van der Waals surface area contributed by atoms with Crippen molar-refractivity contribution >= 4 is 0 Å². The molecule has 2 aromatic rings. The molecule has 2 aromatic carbocycles. The molecular formula is C26H38N2. The van der Waals surface area contributed by atoms with Crippen molar-refractivity contribution in [3.05, 3.63) is 70.8 Å². The maximum Gasteiger partial charge on any atom is 0.0224 e. The first-order valence-corrected chi connectivity index (χ1v) is 11.4. The summed E-state index contributed by atoms with van der Waals surface area (Å²) in [5.74, 6) is 0. The molecule has 0 aromatic heterocycles. The highest BCUT2D eigenvalue weighted by Crippen LogP contribution is 2.20. The van der Waals surface area contributed by atoms with Gasteiger partial charge in [0, 0.05) is 25.2 Å². The van der Waals surface area contributed by atoms with Crippen LogP contribution in [0.2, 0.25) is 0 Å². The minimum Gasteiger partial charge on any atom is -0.308 e. The van der Waals surface area contributed by atoms with Gasteiger partial charge in [0.05, 0.1) is 0 Å². The second-order valence-electron chi connectivity index (χ2n) is 8.35. The Morgan fingerprint density at radius 2 is 1.14 bits per heavy atom. The van der Waals surface area contributed by atoms with Crippen molar-refractivity contribution in [3.8, 4) is 0 Å². The Bertz CT molecular complexity index is 675. The summed E-state index contributed by atoms with van der Waals surface area (Å²) in [5, 5.41) is 7.67. The van der Waals surface area contributed by atoms with Gasteiger partial charge >= 0.3 is 0 Å². The molecule has 2 unspecified atom stereocenters. The third kappa shape index (κ3) is 6.46. The van der Waals surface area contributed by atoms with Gasteiger partial charge in [-0.15, -0.1) is 0 Å². The van der Waals surface area contributed by atoms with Gasteiger partial charge in [0.15, 0.2) is 0 Å². The highest BCUT2D eigenvalue weighted by Gasteiger charge is 2.24. The van der Waals surface area contributed by atoms with Gasteiger partial charge in [-0.2, -0.15) is 0 Å². The van der Waals surface area contributed by atoms with Gasteiger partial charge in [0.2, 0.25) is 0 Å². The van der Waals surface area contributed by atoms with Crippen LogP contribution in [-0.2, 0) is 25.9 Å². The Balaban J connectivity index is 1.48. The fourth-order valence-corrected chi connectivity index (χ4v) is 4.21. The van der Waals surface area contributed by atoms with Crippen molar-refractivity contribution in [1.82, 2.24) is 10.6 Å². The molecule has 0 aliphatic heterocycles. The van der Waals surface area contributed by atoms with Gasteiger partial charge in [0.1, 0.15) is 0 Å². The Morgan fingerprint density at radius 1 is 0.679 bits per heavy atom. The lowest BCUT2D eigenvalue weighted by Crippen LogP contribution is -2.49. The molecule has 2 heteroatoms. The first kappa shape index (κ1) is 21.1. The highest BCUT2D eigenvalue weighted by atomic mass is 15.0. The minimum absolute atomic E-state index is 0.573. The van der Waals surface area contributed by atoms with Crippen molar-refractivity contribution in [2.75, 3.05) is 0 Å². The van der Waals surface area contributed by atoms with E-state index in [1.807, 2.05) is 0 Å². The van der Waals surface area contributed by atoms with E-state index in [1.165, 1.54) is 67.2 Å². The third-order valence-electron chi connectivity index (χ3n) is 6.18. The fourth-order valence-electron chi connectivity index (χ4n) is 4.21. The molecule has 1 aliphatic rings. The summed E-state index contributed by atoms with van der Waals surface area (Å²) in [7, 11) is 0. The van der Waals surface area contributed by atoms with Crippen LogP contribution in [0.5, 0.6) is 0 Å². The Kier molecular flexibility index (Phi) is 8.57. The van der Waals surface area contributed by atoms with Crippen LogP contribution >= 0.6 is 0 Å². The van der Waals surface area contributed by atoms with E-state index in [4.69, 9.17) is 0 Å². The SMILES string of the molecule is CCCCc1ccc(CNC2CCCCC2NCc2ccc(CC)cc2)cc1. The van der Waals surface area contributed by atoms with E-state index in [2.05, 4.69) is 73.0 Å². The van der Waals surface area contributed by atoms with Crippen LogP contribution in [0.3, 0.4) is 0 Å². The summed E-state index contributed by atoms with van der Waals surface area (Å²) < 4.78 is 0. The molecule has 2 atom stereocenters. The lowest BCUT2D eigenvalue weighted by atomic mass is 9.90. The largest absolute Gasteiger partial charge is 0.308 e. The van der Waals surface area contributed by atoms with Crippen molar-refractivity contribution < 1.29 is 0 Å². The van der Waals surface area contributed by atoms with Crippen LogP contribution in [0.4, 0.5) is 0 Å². The van der Waals surface area contributed by atoms with E-state index in [0.717, 1.165) is 19.5 Å². The van der Waals surface area contributed by atoms with Crippen molar-refractivity contribution in [2.45, 2.75) is 90.4 Å². The van der Waals surface area contributed by atoms with Gasteiger partial charge in [-0.05, 0) is 54.4 Å². The molecule has 0 saturated heterocycles. The van der Waals surface area contributed by atoms with Crippen LogP contribution in [0.1, 0.15) is 74.6 Å². The fraction of sp³-hybridized carbons (Fsp3) is 0.538. The summed E-state index contributed by atoms with van der Waals surface area (Å²) in [4.78, 5) is 0. The van der Waals surface area contributed by atoms with Gasteiger partial charge in [-0.3, -0.25) is 0 Å².